The lowest BCUT2D eigenvalue weighted by atomic mass is 9.95. The highest BCUT2D eigenvalue weighted by molar-refractivity contribution is 6.05. The number of rotatable bonds is 6. The van der Waals surface area contributed by atoms with Crippen molar-refractivity contribution in [1.29, 1.82) is 0 Å². The van der Waals surface area contributed by atoms with Gasteiger partial charge in [0.05, 0.1) is 23.9 Å². The number of amides is 4. The molecule has 36 heavy (non-hydrogen) atoms. The summed E-state index contributed by atoms with van der Waals surface area (Å²) in [6.45, 7) is 2.33. The smallest absolute Gasteiger partial charge is 0.322 e. The van der Waals surface area contributed by atoms with Crippen LogP contribution in [0.25, 0.3) is 0 Å². The molecule has 0 fully saturated rings. The number of likely N-dealkylation sites (N-methyl/N-ethyl adjacent to an activating group) is 1. The van der Waals surface area contributed by atoms with Gasteiger partial charge in [0.15, 0.2) is 0 Å². The molecule has 0 aliphatic carbocycles. The minimum atomic E-state index is -0.959. The zero-order valence-electron chi connectivity index (χ0n) is 19.6. The third kappa shape index (κ3) is 4.22. The highest BCUT2D eigenvalue weighted by Crippen LogP contribution is 2.39. The van der Waals surface area contributed by atoms with Crippen LogP contribution >= 0.6 is 0 Å². The van der Waals surface area contributed by atoms with Gasteiger partial charge >= 0.3 is 6.03 Å². The van der Waals surface area contributed by atoms with E-state index in [9.17, 15) is 18.8 Å². The summed E-state index contributed by atoms with van der Waals surface area (Å²) in [4.78, 5) is 43.6. The van der Waals surface area contributed by atoms with Gasteiger partial charge < -0.3 is 15.5 Å². The molecule has 2 atom stereocenters. The van der Waals surface area contributed by atoms with Crippen LogP contribution in [0, 0.1) is 5.82 Å². The molecule has 182 valence electrons. The normalized spacial score (nSPS) is 18.1. The molecule has 2 N–H and O–H groups in total. The number of benzene rings is 3. The third-order valence-electron chi connectivity index (χ3n) is 6.49. The first-order chi connectivity index (χ1) is 17.5. The lowest BCUT2D eigenvalue weighted by Gasteiger charge is -2.32. The molecule has 5 rings (SSSR count). The zero-order chi connectivity index (χ0) is 25.2. The van der Waals surface area contributed by atoms with Gasteiger partial charge in [-0.25, -0.2) is 9.18 Å². The summed E-state index contributed by atoms with van der Waals surface area (Å²) in [6, 6.07) is 21.9. The van der Waals surface area contributed by atoms with E-state index in [1.165, 1.54) is 29.2 Å². The molecule has 0 unspecified atom stereocenters. The Balaban J connectivity index is 1.53. The number of halogens is 1. The number of nitrogens with one attached hydrogen (secondary N) is 2. The Morgan fingerprint density at radius 2 is 1.64 bits per heavy atom. The van der Waals surface area contributed by atoms with Crippen molar-refractivity contribution in [1.82, 2.24) is 15.1 Å². The van der Waals surface area contributed by atoms with Crippen molar-refractivity contribution in [2.45, 2.75) is 19.0 Å². The van der Waals surface area contributed by atoms with Gasteiger partial charge in [0, 0.05) is 12.2 Å². The minimum absolute atomic E-state index is 0.106. The van der Waals surface area contributed by atoms with Gasteiger partial charge in [0.2, 0.25) is 0 Å². The molecule has 0 spiro atoms. The summed E-state index contributed by atoms with van der Waals surface area (Å²) in [7, 11) is 0. The van der Waals surface area contributed by atoms with Crippen LogP contribution in [0.2, 0.25) is 0 Å². The molecule has 8 heteroatoms. The van der Waals surface area contributed by atoms with Crippen LogP contribution in [0.1, 0.15) is 30.1 Å². The van der Waals surface area contributed by atoms with Crippen molar-refractivity contribution in [3.8, 4) is 0 Å². The maximum Gasteiger partial charge on any atom is 0.322 e. The first kappa shape index (κ1) is 23.3. The molecule has 0 saturated carbocycles. The summed E-state index contributed by atoms with van der Waals surface area (Å²) >= 11 is 0. The van der Waals surface area contributed by atoms with E-state index in [0.29, 0.717) is 29.1 Å². The molecule has 2 heterocycles. The molecule has 7 nitrogen and oxygen atoms in total. The second-order valence-corrected chi connectivity index (χ2v) is 8.64. The lowest BCUT2D eigenvalue weighted by molar-refractivity contribution is -0.134. The fourth-order valence-electron chi connectivity index (χ4n) is 4.80. The SMILES string of the molecule is CCN1C(=O)N[C@@H](c2ccccc2)C2=C1CN([C@@H](C(=O)Nc1ccc(F)cc1)c1ccccc1)C2=O. The highest BCUT2D eigenvalue weighted by atomic mass is 19.1. The van der Waals surface area contributed by atoms with Gasteiger partial charge in [0.1, 0.15) is 11.9 Å². The van der Waals surface area contributed by atoms with Crippen LogP contribution in [0.15, 0.2) is 96.2 Å². The number of hydrogen-bond donors (Lipinski definition) is 2. The summed E-state index contributed by atoms with van der Waals surface area (Å²) in [5.74, 6) is -1.16. The summed E-state index contributed by atoms with van der Waals surface area (Å²) < 4.78 is 13.4. The standard InChI is InChI=1S/C28H25FN4O3/c1-2-32-22-17-33(27(35)23(22)24(31-28(32)36)18-9-5-3-6-10-18)25(19-11-7-4-8-12-19)26(34)30-21-15-13-20(29)14-16-21/h3-16,24-25H,2,17H2,1H3,(H,30,34)(H,31,36)/t24-,25+/m0/s1. The van der Waals surface area contributed by atoms with Crippen LogP contribution in [-0.4, -0.2) is 40.7 Å². The molecular weight excluding hydrogens is 459 g/mol. The van der Waals surface area contributed by atoms with Gasteiger partial charge in [0.25, 0.3) is 11.8 Å². The maximum absolute atomic E-state index is 14.0. The summed E-state index contributed by atoms with van der Waals surface area (Å²) in [6.07, 6.45) is 0. The Morgan fingerprint density at radius 1 is 1.00 bits per heavy atom. The molecule has 3 aromatic rings. The number of nitrogens with zero attached hydrogens (tertiary/aromatic N) is 2. The largest absolute Gasteiger partial charge is 0.326 e. The highest BCUT2D eigenvalue weighted by Gasteiger charge is 2.47. The number of carbonyl (C=O) groups excluding carboxylic acids is 3. The summed E-state index contributed by atoms with van der Waals surface area (Å²) in [5.41, 5.74) is 2.88. The Kier molecular flexibility index (Phi) is 6.25. The van der Waals surface area contributed by atoms with Crippen LogP contribution in [0.5, 0.6) is 0 Å². The van der Waals surface area contributed by atoms with Crippen LogP contribution in [0.3, 0.4) is 0 Å². The van der Waals surface area contributed by atoms with Gasteiger partial charge in [-0.2, -0.15) is 0 Å². The topological polar surface area (TPSA) is 81.8 Å². The fraction of sp³-hybridized carbons (Fsp3) is 0.179. The maximum atomic E-state index is 14.0. The average Bonchev–Trinajstić information content (AvgIpc) is 3.22. The minimum Gasteiger partial charge on any atom is -0.326 e. The van der Waals surface area contributed by atoms with Crippen LogP contribution < -0.4 is 10.6 Å². The van der Waals surface area contributed by atoms with Gasteiger partial charge in [-0.1, -0.05) is 60.7 Å². The molecule has 0 radical (unpaired) electrons. The number of carbonyl (C=O) groups is 3. The Hall–Kier alpha value is -4.46. The van der Waals surface area contributed by atoms with E-state index in [2.05, 4.69) is 10.6 Å². The van der Waals surface area contributed by atoms with E-state index in [1.807, 2.05) is 43.3 Å². The van der Waals surface area contributed by atoms with Crippen molar-refractivity contribution in [3.05, 3.63) is 113 Å². The second kappa shape index (κ2) is 9.65. The molecule has 0 aromatic heterocycles. The van der Waals surface area contributed by atoms with E-state index in [-0.39, 0.29) is 18.5 Å². The molecule has 0 saturated heterocycles. The molecule has 2 aliphatic rings. The fourth-order valence-corrected chi connectivity index (χ4v) is 4.80. The van der Waals surface area contributed by atoms with E-state index in [0.717, 1.165) is 5.56 Å². The Bertz CT molecular complexity index is 1330. The van der Waals surface area contributed by atoms with Crippen molar-refractivity contribution < 1.29 is 18.8 Å². The van der Waals surface area contributed by atoms with E-state index < -0.39 is 23.8 Å². The average molecular weight is 485 g/mol. The molecule has 2 aliphatic heterocycles. The van der Waals surface area contributed by atoms with Crippen LogP contribution in [-0.2, 0) is 9.59 Å². The van der Waals surface area contributed by atoms with Crippen LogP contribution in [0.4, 0.5) is 14.9 Å². The predicted molar refractivity (Wildman–Crippen MR) is 133 cm³/mol. The molecular formula is C28H25FN4O3. The zero-order valence-corrected chi connectivity index (χ0v) is 19.6. The van der Waals surface area contributed by atoms with E-state index in [1.54, 1.807) is 29.2 Å². The predicted octanol–water partition coefficient (Wildman–Crippen LogP) is 4.39. The monoisotopic (exact) mass is 484 g/mol. The van der Waals surface area contributed by atoms with E-state index >= 15 is 0 Å². The van der Waals surface area contributed by atoms with Crippen molar-refractivity contribution in [3.63, 3.8) is 0 Å². The van der Waals surface area contributed by atoms with Crippen molar-refractivity contribution in [2.24, 2.45) is 0 Å². The van der Waals surface area contributed by atoms with E-state index in [4.69, 9.17) is 0 Å². The van der Waals surface area contributed by atoms with Gasteiger partial charge in [-0.15, -0.1) is 0 Å². The third-order valence-corrected chi connectivity index (χ3v) is 6.49. The van der Waals surface area contributed by atoms with Gasteiger partial charge in [-0.05, 0) is 42.3 Å². The van der Waals surface area contributed by atoms with Gasteiger partial charge in [-0.3, -0.25) is 14.5 Å². The number of anilines is 1. The summed E-state index contributed by atoms with van der Waals surface area (Å²) in [5, 5.41) is 5.76. The Labute approximate surface area is 208 Å². The van der Waals surface area contributed by atoms with Crippen molar-refractivity contribution in [2.75, 3.05) is 18.4 Å². The quantitative estimate of drug-likeness (QED) is 0.545. The molecule has 3 aromatic carbocycles. The molecule has 4 amide bonds. The number of hydrogen-bond acceptors (Lipinski definition) is 3. The second-order valence-electron chi connectivity index (χ2n) is 8.64. The number of urea groups is 1. The molecule has 0 bridgehead atoms. The Morgan fingerprint density at radius 3 is 2.28 bits per heavy atom. The lowest BCUT2D eigenvalue weighted by Crippen LogP contribution is -2.47. The first-order valence-corrected chi connectivity index (χ1v) is 11.8. The first-order valence-electron chi connectivity index (χ1n) is 11.8. The van der Waals surface area contributed by atoms with Crippen molar-refractivity contribution >= 4 is 23.5 Å².